The molecule has 0 bridgehead atoms. The molecule has 0 radical (unpaired) electrons. The lowest BCUT2D eigenvalue weighted by atomic mass is 10.0. The second-order valence-corrected chi connectivity index (χ2v) is 6.46. The summed E-state index contributed by atoms with van der Waals surface area (Å²) in [4.78, 5) is 22.3. The Balaban J connectivity index is 2.85. The van der Waals surface area contributed by atoms with Crippen LogP contribution in [0.2, 0.25) is 0 Å². The highest BCUT2D eigenvalue weighted by Gasteiger charge is 2.17. The summed E-state index contributed by atoms with van der Waals surface area (Å²) in [6.07, 6.45) is -0.0744. The number of sulfonamides is 1. The van der Waals surface area contributed by atoms with Gasteiger partial charge in [0.1, 0.15) is 0 Å². The number of aliphatic carboxylic acids is 1. The lowest BCUT2D eigenvalue weighted by Crippen LogP contribution is -2.19. The smallest absolute Gasteiger partial charge is 0.303 e. The number of nitrogens with one attached hydrogen (secondary N) is 1. The van der Waals surface area contributed by atoms with Crippen molar-refractivity contribution in [1.82, 2.24) is 0 Å². The number of benzene rings is 1. The van der Waals surface area contributed by atoms with Crippen molar-refractivity contribution in [2.75, 3.05) is 5.32 Å². The minimum Gasteiger partial charge on any atom is -0.481 e. The Kier molecular flexibility index (Phi) is 5.45. The van der Waals surface area contributed by atoms with Crippen molar-refractivity contribution in [3.05, 3.63) is 23.8 Å². The van der Waals surface area contributed by atoms with Gasteiger partial charge in [0.25, 0.3) is 0 Å². The highest BCUT2D eigenvalue weighted by Crippen LogP contribution is 2.22. The van der Waals surface area contributed by atoms with E-state index in [-0.39, 0.29) is 29.6 Å². The zero-order valence-corrected chi connectivity index (χ0v) is 12.6. The molecule has 1 aromatic rings. The number of anilines is 1. The molecule has 0 saturated heterocycles. The third-order valence-corrected chi connectivity index (χ3v) is 3.98. The van der Waals surface area contributed by atoms with Gasteiger partial charge >= 0.3 is 5.97 Å². The summed E-state index contributed by atoms with van der Waals surface area (Å²) >= 11 is 0. The van der Waals surface area contributed by atoms with E-state index >= 15 is 0 Å². The van der Waals surface area contributed by atoms with Crippen LogP contribution in [0.25, 0.3) is 0 Å². The Morgan fingerprint density at radius 1 is 1.33 bits per heavy atom. The molecule has 116 valence electrons. The van der Waals surface area contributed by atoms with E-state index in [1.54, 1.807) is 13.0 Å². The van der Waals surface area contributed by atoms with Crippen molar-refractivity contribution >= 4 is 27.6 Å². The van der Waals surface area contributed by atoms with Gasteiger partial charge in [-0.15, -0.1) is 0 Å². The number of amides is 1. The summed E-state index contributed by atoms with van der Waals surface area (Å²) in [6.45, 7) is 3.19. The number of nitrogens with two attached hydrogens (primary N) is 1. The third-order valence-electron chi connectivity index (χ3n) is 2.92. The summed E-state index contributed by atoms with van der Waals surface area (Å²) in [6, 6.07) is 4.39. The molecule has 0 aromatic heterocycles. The van der Waals surface area contributed by atoms with E-state index in [0.29, 0.717) is 11.3 Å². The Hall–Kier alpha value is -1.93. The number of carbonyl (C=O) groups excluding carboxylic acids is 1. The topological polar surface area (TPSA) is 127 Å². The van der Waals surface area contributed by atoms with Crippen LogP contribution in [-0.2, 0) is 19.6 Å². The predicted molar refractivity (Wildman–Crippen MR) is 77.2 cm³/mol. The third kappa shape index (κ3) is 5.16. The van der Waals surface area contributed by atoms with E-state index in [2.05, 4.69) is 5.32 Å². The van der Waals surface area contributed by atoms with Crippen LogP contribution in [0.4, 0.5) is 5.69 Å². The second kappa shape index (κ2) is 6.68. The Morgan fingerprint density at radius 3 is 2.48 bits per heavy atom. The number of carbonyl (C=O) groups is 2. The predicted octanol–water partition coefficient (Wildman–Crippen LogP) is 1.08. The summed E-state index contributed by atoms with van der Waals surface area (Å²) < 4.78 is 22.8. The molecule has 1 atom stereocenters. The Bertz CT molecular complexity index is 655. The SMILES string of the molecule is Cc1c(NC(=O)CC(C)CC(=O)O)cccc1S(N)(=O)=O. The van der Waals surface area contributed by atoms with Gasteiger partial charge in [-0.2, -0.15) is 0 Å². The first-order chi connectivity index (χ1) is 9.61. The van der Waals surface area contributed by atoms with Crippen molar-refractivity contribution in [3.63, 3.8) is 0 Å². The number of carboxylic acids is 1. The molecule has 0 aliphatic heterocycles. The van der Waals surface area contributed by atoms with Gasteiger partial charge in [-0.3, -0.25) is 9.59 Å². The van der Waals surface area contributed by atoms with Gasteiger partial charge < -0.3 is 10.4 Å². The molecule has 4 N–H and O–H groups in total. The van der Waals surface area contributed by atoms with E-state index in [9.17, 15) is 18.0 Å². The van der Waals surface area contributed by atoms with Crippen LogP contribution in [0.3, 0.4) is 0 Å². The molecule has 0 fully saturated rings. The average Bonchev–Trinajstić information content (AvgIpc) is 2.28. The number of rotatable bonds is 6. The van der Waals surface area contributed by atoms with E-state index in [0.717, 1.165) is 0 Å². The zero-order valence-electron chi connectivity index (χ0n) is 11.8. The highest BCUT2D eigenvalue weighted by atomic mass is 32.2. The molecule has 0 saturated carbocycles. The standard InChI is InChI=1S/C13H18N2O5S/c1-8(7-13(17)18)6-12(16)15-10-4-3-5-11(9(10)2)21(14,19)20/h3-5,8H,6-7H2,1-2H3,(H,15,16)(H,17,18)(H2,14,19,20). The average molecular weight is 314 g/mol. The Morgan fingerprint density at radius 2 is 1.95 bits per heavy atom. The first kappa shape index (κ1) is 17.1. The van der Waals surface area contributed by atoms with Gasteiger partial charge in [-0.25, -0.2) is 13.6 Å². The highest BCUT2D eigenvalue weighted by molar-refractivity contribution is 7.89. The maximum atomic E-state index is 11.8. The second-order valence-electron chi connectivity index (χ2n) is 4.93. The molecule has 0 spiro atoms. The molecular weight excluding hydrogens is 296 g/mol. The van der Waals surface area contributed by atoms with Crippen molar-refractivity contribution in [2.24, 2.45) is 11.1 Å². The van der Waals surface area contributed by atoms with Gasteiger partial charge in [-0.05, 0) is 30.5 Å². The van der Waals surface area contributed by atoms with Crippen molar-refractivity contribution in [1.29, 1.82) is 0 Å². The lowest BCUT2D eigenvalue weighted by Gasteiger charge is -2.13. The zero-order chi connectivity index (χ0) is 16.2. The van der Waals surface area contributed by atoms with Crippen LogP contribution in [0.15, 0.2) is 23.1 Å². The van der Waals surface area contributed by atoms with E-state index in [1.807, 2.05) is 0 Å². The van der Waals surface area contributed by atoms with Crippen molar-refractivity contribution in [2.45, 2.75) is 31.6 Å². The quantitative estimate of drug-likeness (QED) is 0.724. The van der Waals surface area contributed by atoms with Gasteiger partial charge in [-0.1, -0.05) is 13.0 Å². The van der Waals surface area contributed by atoms with Gasteiger partial charge in [0.2, 0.25) is 15.9 Å². The molecule has 0 aliphatic rings. The molecule has 1 amide bonds. The minimum absolute atomic E-state index is 0.0331. The van der Waals surface area contributed by atoms with E-state index < -0.39 is 16.0 Å². The van der Waals surface area contributed by atoms with Crippen LogP contribution in [0.1, 0.15) is 25.3 Å². The van der Waals surface area contributed by atoms with Crippen LogP contribution in [0.5, 0.6) is 0 Å². The maximum Gasteiger partial charge on any atom is 0.303 e. The molecule has 21 heavy (non-hydrogen) atoms. The van der Waals surface area contributed by atoms with Gasteiger partial charge in [0.15, 0.2) is 0 Å². The fraction of sp³-hybridized carbons (Fsp3) is 0.385. The molecule has 1 rings (SSSR count). The monoisotopic (exact) mass is 314 g/mol. The lowest BCUT2D eigenvalue weighted by molar-refractivity contribution is -0.138. The number of carboxylic acid groups (broad SMARTS) is 1. The van der Waals surface area contributed by atoms with Crippen molar-refractivity contribution in [3.8, 4) is 0 Å². The summed E-state index contributed by atoms with van der Waals surface area (Å²) in [7, 11) is -3.86. The van der Waals surface area contributed by atoms with E-state index in [1.165, 1.54) is 19.1 Å². The van der Waals surface area contributed by atoms with Crippen molar-refractivity contribution < 1.29 is 23.1 Å². The van der Waals surface area contributed by atoms with Crippen LogP contribution >= 0.6 is 0 Å². The number of hydrogen-bond donors (Lipinski definition) is 3. The Labute approximate surface area is 123 Å². The molecule has 8 heteroatoms. The fourth-order valence-corrected chi connectivity index (χ4v) is 2.75. The maximum absolute atomic E-state index is 11.8. The van der Waals surface area contributed by atoms with Gasteiger partial charge in [0, 0.05) is 18.5 Å². The number of primary sulfonamides is 1. The first-order valence-electron chi connectivity index (χ1n) is 6.25. The van der Waals surface area contributed by atoms with Crippen LogP contribution < -0.4 is 10.5 Å². The molecule has 1 unspecified atom stereocenters. The molecule has 1 aromatic carbocycles. The molecule has 0 heterocycles. The fourth-order valence-electron chi connectivity index (χ4n) is 1.95. The summed E-state index contributed by atoms with van der Waals surface area (Å²) in [5, 5.41) is 16.3. The molecular formula is C13H18N2O5S. The normalized spacial score (nSPS) is 12.7. The first-order valence-corrected chi connectivity index (χ1v) is 7.80. The largest absolute Gasteiger partial charge is 0.481 e. The summed E-state index contributed by atoms with van der Waals surface area (Å²) in [5.41, 5.74) is 0.688. The van der Waals surface area contributed by atoms with Crippen LogP contribution in [0, 0.1) is 12.8 Å². The van der Waals surface area contributed by atoms with Gasteiger partial charge in [0.05, 0.1) is 4.90 Å². The van der Waals surface area contributed by atoms with Crippen LogP contribution in [-0.4, -0.2) is 25.4 Å². The number of hydrogen-bond acceptors (Lipinski definition) is 4. The molecule has 7 nitrogen and oxygen atoms in total. The molecule has 0 aliphatic carbocycles. The summed E-state index contributed by atoms with van der Waals surface area (Å²) in [5.74, 6) is -1.66. The van der Waals surface area contributed by atoms with E-state index in [4.69, 9.17) is 10.2 Å². The minimum atomic E-state index is -3.86.